The largest absolute Gasteiger partial charge is 0.255 e. The Kier molecular flexibility index (Phi) is 7.20. The third kappa shape index (κ3) is 8.52. The molecule has 0 aromatic heterocycles. The molecule has 2 N–H and O–H groups in total. The molecule has 0 aliphatic heterocycles. The highest BCUT2D eigenvalue weighted by molar-refractivity contribution is 4.64. The van der Waals surface area contributed by atoms with Gasteiger partial charge in [0.05, 0.1) is 0 Å². The van der Waals surface area contributed by atoms with Crippen LogP contribution in [0.4, 0.5) is 0 Å². The average Bonchev–Trinajstić information content (AvgIpc) is 1.98. The molecule has 0 saturated carbocycles. The fourth-order valence-corrected chi connectivity index (χ4v) is 1.82. The van der Waals surface area contributed by atoms with E-state index in [0.717, 1.165) is 11.8 Å². The topological polar surface area (TPSA) is 24.1 Å². The van der Waals surface area contributed by atoms with Gasteiger partial charge in [-0.25, -0.2) is 0 Å². The molecule has 0 heterocycles. The van der Waals surface area contributed by atoms with Crippen molar-refractivity contribution in [1.29, 1.82) is 0 Å². The molecule has 0 spiro atoms. The minimum atomic E-state index is 0.560. The van der Waals surface area contributed by atoms with E-state index in [9.17, 15) is 0 Å². The van der Waals surface area contributed by atoms with Gasteiger partial charge in [0, 0.05) is 12.1 Å². The van der Waals surface area contributed by atoms with Crippen LogP contribution in [0.15, 0.2) is 0 Å². The number of hydrogen-bond donors (Lipinski definition) is 2. The molecular formula is C12H28N2. The Hall–Kier alpha value is -0.0800. The summed E-state index contributed by atoms with van der Waals surface area (Å²) < 4.78 is 0. The van der Waals surface area contributed by atoms with E-state index in [-0.39, 0.29) is 0 Å². The van der Waals surface area contributed by atoms with Crippen molar-refractivity contribution in [2.24, 2.45) is 11.8 Å². The zero-order chi connectivity index (χ0) is 11.1. The predicted octanol–water partition coefficient (Wildman–Crippen LogP) is 2.95. The van der Waals surface area contributed by atoms with E-state index >= 15 is 0 Å². The van der Waals surface area contributed by atoms with Gasteiger partial charge in [0.15, 0.2) is 0 Å². The normalized spacial score (nSPS) is 16.3. The van der Waals surface area contributed by atoms with Gasteiger partial charge in [0.25, 0.3) is 0 Å². The molecule has 14 heavy (non-hydrogen) atoms. The number of rotatable bonds is 7. The lowest BCUT2D eigenvalue weighted by Crippen LogP contribution is -2.45. The molecule has 0 aromatic rings. The first-order valence-electron chi connectivity index (χ1n) is 5.92. The summed E-state index contributed by atoms with van der Waals surface area (Å²) in [4.78, 5) is 0. The van der Waals surface area contributed by atoms with Crippen LogP contribution in [0.1, 0.15) is 54.4 Å². The third-order valence-electron chi connectivity index (χ3n) is 2.23. The van der Waals surface area contributed by atoms with Crippen LogP contribution in [0.3, 0.4) is 0 Å². The maximum absolute atomic E-state index is 3.37. The van der Waals surface area contributed by atoms with Crippen LogP contribution < -0.4 is 10.9 Å². The Morgan fingerprint density at radius 1 is 0.643 bits per heavy atom. The summed E-state index contributed by atoms with van der Waals surface area (Å²) in [6.07, 6.45) is 2.45. The fourth-order valence-electron chi connectivity index (χ4n) is 1.82. The fraction of sp³-hybridized carbons (Fsp3) is 1.00. The summed E-state index contributed by atoms with van der Waals surface area (Å²) in [6.45, 7) is 13.5. The molecule has 0 aliphatic carbocycles. The smallest absolute Gasteiger partial charge is 0.0187 e. The van der Waals surface area contributed by atoms with Crippen LogP contribution in [-0.2, 0) is 0 Å². The van der Waals surface area contributed by atoms with E-state index < -0.39 is 0 Å². The van der Waals surface area contributed by atoms with E-state index in [2.05, 4.69) is 52.4 Å². The first kappa shape index (κ1) is 13.9. The predicted molar refractivity (Wildman–Crippen MR) is 64.1 cm³/mol. The second-order valence-corrected chi connectivity index (χ2v) is 5.35. The summed E-state index contributed by atoms with van der Waals surface area (Å²) in [6, 6.07) is 1.12. The zero-order valence-corrected chi connectivity index (χ0v) is 10.7. The summed E-state index contributed by atoms with van der Waals surface area (Å²) in [5.41, 5.74) is 6.74. The van der Waals surface area contributed by atoms with Crippen molar-refractivity contribution >= 4 is 0 Å². The van der Waals surface area contributed by atoms with Crippen molar-refractivity contribution in [2.45, 2.75) is 66.5 Å². The van der Waals surface area contributed by atoms with Crippen LogP contribution in [0.25, 0.3) is 0 Å². The molecule has 0 rings (SSSR count). The van der Waals surface area contributed by atoms with Gasteiger partial charge in [0.2, 0.25) is 0 Å². The molecule has 86 valence electrons. The minimum absolute atomic E-state index is 0.560. The van der Waals surface area contributed by atoms with E-state index in [1.807, 2.05) is 0 Å². The Morgan fingerprint density at radius 2 is 0.929 bits per heavy atom. The van der Waals surface area contributed by atoms with Crippen LogP contribution >= 0.6 is 0 Å². The van der Waals surface area contributed by atoms with Crippen molar-refractivity contribution < 1.29 is 0 Å². The minimum Gasteiger partial charge on any atom is -0.255 e. The zero-order valence-electron chi connectivity index (χ0n) is 10.7. The van der Waals surface area contributed by atoms with Crippen LogP contribution in [0.5, 0.6) is 0 Å². The highest BCUT2D eigenvalue weighted by Crippen LogP contribution is 2.05. The second-order valence-electron chi connectivity index (χ2n) is 5.35. The Morgan fingerprint density at radius 3 is 1.14 bits per heavy atom. The van der Waals surface area contributed by atoms with Crippen LogP contribution in [0, 0.1) is 11.8 Å². The molecule has 0 unspecified atom stereocenters. The van der Waals surface area contributed by atoms with Gasteiger partial charge in [-0.3, -0.25) is 10.9 Å². The van der Waals surface area contributed by atoms with Gasteiger partial charge < -0.3 is 0 Å². The third-order valence-corrected chi connectivity index (χ3v) is 2.23. The van der Waals surface area contributed by atoms with E-state index in [4.69, 9.17) is 0 Å². The number of hydrogen-bond acceptors (Lipinski definition) is 2. The summed E-state index contributed by atoms with van der Waals surface area (Å²) in [7, 11) is 0. The standard InChI is InChI=1S/C12H28N2/c1-9(2)7-11(5)13-14-12(6)8-10(3)4/h9-14H,7-8H2,1-6H3/t11-,12+. The van der Waals surface area contributed by atoms with Crippen molar-refractivity contribution in [2.75, 3.05) is 0 Å². The Labute approximate surface area is 89.8 Å². The Balaban J connectivity index is 3.50. The van der Waals surface area contributed by atoms with Gasteiger partial charge in [-0.2, -0.15) is 0 Å². The van der Waals surface area contributed by atoms with Gasteiger partial charge >= 0.3 is 0 Å². The van der Waals surface area contributed by atoms with Gasteiger partial charge in [0.1, 0.15) is 0 Å². The molecule has 0 amide bonds. The lowest BCUT2D eigenvalue weighted by molar-refractivity contribution is 0.331. The lowest BCUT2D eigenvalue weighted by atomic mass is 10.1. The summed E-state index contributed by atoms with van der Waals surface area (Å²) in [5, 5.41) is 0. The highest BCUT2D eigenvalue weighted by Gasteiger charge is 2.07. The van der Waals surface area contributed by atoms with Gasteiger partial charge in [-0.15, -0.1) is 0 Å². The first-order valence-corrected chi connectivity index (χ1v) is 5.92. The quantitative estimate of drug-likeness (QED) is 0.617. The SMILES string of the molecule is CC(C)C[C@@H](C)NN[C@@H](C)CC(C)C. The average molecular weight is 200 g/mol. The number of hydrazine groups is 1. The molecule has 2 atom stereocenters. The van der Waals surface area contributed by atoms with Crippen LogP contribution in [0.2, 0.25) is 0 Å². The summed E-state index contributed by atoms with van der Waals surface area (Å²) in [5.74, 6) is 1.53. The van der Waals surface area contributed by atoms with Crippen molar-refractivity contribution in [3.8, 4) is 0 Å². The second kappa shape index (κ2) is 7.24. The molecule has 2 heteroatoms. The molecule has 0 aliphatic rings. The molecular weight excluding hydrogens is 172 g/mol. The number of nitrogens with one attached hydrogen (secondary N) is 2. The molecule has 0 aromatic carbocycles. The molecule has 0 saturated heterocycles. The van der Waals surface area contributed by atoms with Crippen molar-refractivity contribution in [3.63, 3.8) is 0 Å². The maximum Gasteiger partial charge on any atom is 0.0187 e. The summed E-state index contributed by atoms with van der Waals surface area (Å²) >= 11 is 0. The van der Waals surface area contributed by atoms with E-state index in [0.29, 0.717) is 12.1 Å². The van der Waals surface area contributed by atoms with Crippen molar-refractivity contribution in [1.82, 2.24) is 10.9 Å². The molecule has 2 nitrogen and oxygen atoms in total. The van der Waals surface area contributed by atoms with Gasteiger partial charge in [-0.05, 0) is 38.5 Å². The van der Waals surface area contributed by atoms with Gasteiger partial charge in [-0.1, -0.05) is 27.7 Å². The first-order chi connectivity index (χ1) is 6.41. The lowest BCUT2D eigenvalue weighted by Gasteiger charge is -2.21. The van der Waals surface area contributed by atoms with E-state index in [1.165, 1.54) is 12.8 Å². The maximum atomic E-state index is 3.37. The van der Waals surface area contributed by atoms with Crippen molar-refractivity contribution in [3.05, 3.63) is 0 Å². The highest BCUT2D eigenvalue weighted by atomic mass is 15.4. The molecule has 0 bridgehead atoms. The van der Waals surface area contributed by atoms with E-state index in [1.54, 1.807) is 0 Å². The molecule has 0 fully saturated rings. The molecule has 0 radical (unpaired) electrons. The monoisotopic (exact) mass is 200 g/mol. The Bertz CT molecular complexity index is 116. The van der Waals surface area contributed by atoms with Crippen LogP contribution in [-0.4, -0.2) is 12.1 Å².